The third kappa shape index (κ3) is 20.8. The molecule has 0 fully saturated rings. The Balaban J connectivity index is 1.05. The first kappa shape index (κ1) is 99.6. The zero-order chi connectivity index (χ0) is 97.5. The van der Waals surface area contributed by atoms with E-state index in [1.165, 1.54) is 87.4 Å². The van der Waals surface area contributed by atoms with Crippen LogP contribution in [-0.4, -0.2) is 103 Å². The van der Waals surface area contributed by atoms with Gasteiger partial charge in [-0.3, -0.25) is 56.6 Å². The Bertz CT molecular complexity index is 5990. The molecule has 4 N–H and O–H groups in total. The van der Waals surface area contributed by atoms with E-state index < -0.39 is 68.1 Å². The van der Waals surface area contributed by atoms with Crippen molar-refractivity contribution in [3.8, 4) is 46.0 Å². The van der Waals surface area contributed by atoms with Crippen molar-refractivity contribution in [2.24, 2.45) is 0 Å². The summed E-state index contributed by atoms with van der Waals surface area (Å²) in [6.45, 7) is 6.70. The molecule has 4 aromatic rings. The van der Waals surface area contributed by atoms with Crippen molar-refractivity contribution in [1.82, 2.24) is 56.1 Å². The number of nitrogens with zero attached hydrogens (tertiary/aromatic N) is 12. The minimum absolute atomic E-state index is 0.0316. The number of hydrogen-bond acceptors (Lipinski definition) is 20. The van der Waals surface area contributed by atoms with E-state index in [0.717, 1.165) is 224 Å². The highest BCUT2D eigenvalue weighted by molar-refractivity contribution is 5.64. The predicted molar refractivity (Wildman–Crippen MR) is 529 cm³/mol. The molecule has 0 unspecified atom stereocenters. The Morgan fingerprint density at radius 1 is 0.193 bits per heavy atom. The molecule has 0 aromatic heterocycles. The third-order valence-corrected chi connectivity index (χ3v) is 29.3. The smallest absolute Gasteiger partial charge is 0.283 e. The van der Waals surface area contributed by atoms with E-state index in [-0.39, 0.29) is 167 Å². The van der Waals surface area contributed by atoms with E-state index in [2.05, 4.69) is 52.0 Å². The van der Waals surface area contributed by atoms with Crippen LogP contribution in [-0.2, 0) is 26.2 Å². The summed E-state index contributed by atoms with van der Waals surface area (Å²) in [5.74, 6) is -2.10. The van der Waals surface area contributed by atoms with Gasteiger partial charge in [-0.15, -0.1) is 0 Å². The molecular formula is C108H140N12O20. The molecule has 20 rings (SSSR count). The van der Waals surface area contributed by atoms with Gasteiger partial charge in [-0.05, 0) is 75.6 Å². The summed E-state index contributed by atoms with van der Waals surface area (Å²) in [4.78, 5) is 187. The van der Waals surface area contributed by atoms with E-state index in [4.69, 9.17) is 38.7 Å². The van der Waals surface area contributed by atoms with Gasteiger partial charge in [0.2, 0.25) is 0 Å². The number of hydrogen-bond donors (Lipinski definition) is 4. The Kier molecular flexibility index (Phi) is 33.1. The number of benzene rings is 4. The first-order valence-electron chi connectivity index (χ1n) is 52.6. The van der Waals surface area contributed by atoms with Crippen LogP contribution in [0.1, 0.15) is 378 Å². The molecule has 752 valence electrons. The third-order valence-electron chi connectivity index (χ3n) is 29.3. The van der Waals surface area contributed by atoms with Crippen LogP contribution in [0, 0.1) is 42.8 Å². The Morgan fingerprint density at radius 3 is 0.464 bits per heavy atom. The fourth-order valence-electron chi connectivity index (χ4n) is 21.8. The monoisotopic (exact) mass is 1930 g/mol. The van der Waals surface area contributed by atoms with Crippen molar-refractivity contribution < 1.29 is 59.1 Å². The molecule has 16 aliphatic heterocycles. The van der Waals surface area contributed by atoms with Gasteiger partial charge in [0.25, 0.3) is 44.5 Å². The summed E-state index contributed by atoms with van der Waals surface area (Å²) in [5.41, 5.74) is -1.53. The number of aliphatic hydroxyl groups is 4. The van der Waals surface area contributed by atoms with Gasteiger partial charge >= 0.3 is 0 Å². The normalized spacial score (nSPS) is 15.3. The first-order chi connectivity index (χ1) is 68.5. The molecule has 0 saturated heterocycles. The number of aromatic nitrogens is 12. The van der Waals surface area contributed by atoms with Crippen molar-refractivity contribution >= 4 is 0 Å². The van der Waals surface area contributed by atoms with E-state index in [9.17, 15) is 20.4 Å². The molecule has 0 saturated carbocycles. The number of fused-ring (bicyclic) bond motifs is 4. The molecule has 140 heavy (non-hydrogen) atoms. The van der Waals surface area contributed by atoms with Crippen LogP contribution in [0.15, 0.2) is 136 Å². The zero-order valence-corrected chi connectivity index (χ0v) is 82.0. The number of rotatable bonds is 52. The topological polar surface area (TPSA) is 350 Å². The number of unbranched alkanes of at least 4 members (excludes halogenated alkanes) is 32. The molecule has 8 bridgehead atoms. The molecule has 0 amide bonds. The van der Waals surface area contributed by atoms with Crippen LogP contribution < -0.4 is 83.2 Å². The summed E-state index contributed by atoms with van der Waals surface area (Å²) in [7, 11) is 0. The van der Waals surface area contributed by atoms with Gasteiger partial charge in [0.15, 0.2) is 88.8 Å². The Hall–Kier alpha value is -12.0. The van der Waals surface area contributed by atoms with Crippen molar-refractivity contribution in [2.45, 2.75) is 360 Å². The van der Waals surface area contributed by atoms with Crippen LogP contribution >= 0.6 is 0 Å². The molecule has 16 heterocycles. The van der Waals surface area contributed by atoms with Crippen LogP contribution in [0.3, 0.4) is 0 Å². The highest BCUT2D eigenvalue weighted by atomic mass is 16.7. The van der Waals surface area contributed by atoms with Crippen LogP contribution in [0.4, 0.5) is 0 Å². The standard InChI is InChI=1S/C108H140N12O20/c1-5-9-13-17-21-25-29-33-37-45-73-77-65-79-74(46-38-34-30-26-22-18-14-10-6-2)81-67-83-76(48-40-36-32-28-24-20-16-12-8-4)84-68-82-75(47-39-35-31-27-23-19-15-11-7-3)80-66-78(73)86-70-88(80)136-116-56-58-118(98-96(116)104(128)111(106(98)130)51-43-63-123)138-90(82)72-92(84)140-120-60-59-119(99-100(120)108(132)112(107(99)131)52-44-64-124)139-91(83)71-89(81)137-117-57-55-115(95-97(117)105(129)110(103(95)127)50-42-62-122)135-87(79)69-85(77)133-113-53-54-114(134-86)94-93(113)101(125)109(102(94)126)49-41-61-121/h53-60,65-76,121-124H,5-52,61-64H2,1-4H3. The lowest BCUT2D eigenvalue weighted by atomic mass is 9.76. The largest absolute Gasteiger partial charge is 0.396 e. The van der Waals surface area contributed by atoms with Gasteiger partial charge in [0.1, 0.15) is 0 Å². The second-order valence-electron chi connectivity index (χ2n) is 39.1. The molecule has 0 radical (unpaired) electrons. The second-order valence-corrected chi connectivity index (χ2v) is 39.1. The minimum atomic E-state index is -0.804. The van der Waals surface area contributed by atoms with Crippen molar-refractivity contribution in [2.75, 3.05) is 26.4 Å². The molecule has 32 heteroatoms. The van der Waals surface area contributed by atoms with Gasteiger partial charge in [-0.25, -0.2) is 0 Å². The van der Waals surface area contributed by atoms with E-state index in [0.29, 0.717) is 95.9 Å². The van der Waals surface area contributed by atoms with Crippen LogP contribution in [0.25, 0.3) is 0 Å². The van der Waals surface area contributed by atoms with Gasteiger partial charge in [0, 0.05) is 145 Å². The molecule has 32 nitrogen and oxygen atoms in total. The van der Waals surface area contributed by atoms with Gasteiger partial charge < -0.3 is 59.1 Å². The number of aliphatic hydroxyl groups excluding tert-OH is 4. The summed E-state index contributed by atoms with van der Waals surface area (Å²) < 4.78 is 14.3. The van der Waals surface area contributed by atoms with E-state index in [1.807, 2.05) is 0 Å². The average molecular weight is 1930 g/mol. The lowest BCUT2D eigenvalue weighted by Crippen LogP contribution is -2.28. The molecule has 0 aliphatic carbocycles. The Labute approximate surface area is 811 Å². The van der Waals surface area contributed by atoms with Gasteiger partial charge in [-0.1, -0.05) is 259 Å². The summed E-state index contributed by atoms with van der Waals surface area (Å²) in [6.07, 6.45) is 49.3. The van der Waals surface area contributed by atoms with E-state index in [1.54, 1.807) is 24.3 Å². The quantitative estimate of drug-likeness (QED) is 0.0257. The SMILES string of the molecule is CCCCCCCCCCCC1c2cc3c4cc2On2ccn(c5c(=O)n(CCCO)c(=O)c2=5)Oc2cc5c(cc21)C(CCCCCCCCCCC)c1cc2c(cc1On1ccn(c6c(=O)n(CCCO)c(=O)c1=6)O5)On1ccn(c5c(=O)n(CCCO)c(=O)c1=5)Oc1cc(c(cc1C2CCCCCCCCCCC)C3CCCCCCCCCCC)On1ccn(c2c(=O)n(CCCO)c(=O)c1=2)O4. The fourth-order valence-corrected chi connectivity index (χ4v) is 21.8. The highest BCUT2D eigenvalue weighted by Crippen LogP contribution is 2.55. The molecule has 4 aromatic carbocycles. The van der Waals surface area contributed by atoms with Crippen molar-refractivity contribution in [3.05, 3.63) is 268 Å². The van der Waals surface area contributed by atoms with Crippen molar-refractivity contribution in [3.63, 3.8) is 0 Å². The highest BCUT2D eigenvalue weighted by Gasteiger charge is 2.40. The molecule has 16 aliphatic rings. The van der Waals surface area contributed by atoms with Gasteiger partial charge in [-0.2, -0.15) is 37.8 Å². The zero-order valence-electron chi connectivity index (χ0n) is 82.0. The van der Waals surface area contributed by atoms with Gasteiger partial charge in [0.05, 0.1) is 49.6 Å². The predicted octanol–water partition coefficient (Wildman–Crippen LogP) is 17.1. The van der Waals surface area contributed by atoms with E-state index >= 15 is 38.4 Å². The maximum atomic E-state index is 15.7. The maximum absolute atomic E-state index is 15.7. The van der Waals surface area contributed by atoms with Crippen LogP contribution in [0.2, 0.25) is 0 Å². The molecule has 0 spiro atoms. The molecule has 0 atom stereocenters. The lowest BCUT2D eigenvalue weighted by Gasteiger charge is -2.31. The average Bonchev–Trinajstić information content (AvgIpc) is 1.48. The lowest BCUT2D eigenvalue weighted by molar-refractivity contribution is 0.163. The fraction of sp³-hybridized carbons (Fsp3) is 0.556. The Morgan fingerprint density at radius 2 is 0.329 bits per heavy atom. The van der Waals surface area contributed by atoms with Crippen LogP contribution in [0.5, 0.6) is 46.0 Å². The first-order valence-corrected chi connectivity index (χ1v) is 52.6. The van der Waals surface area contributed by atoms with Crippen molar-refractivity contribution in [1.29, 1.82) is 0 Å². The summed E-state index contributed by atoms with van der Waals surface area (Å²) in [5, 5.41) is 40.0. The summed E-state index contributed by atoms with van der Waals surface area (Å²) >= 11 is 0. The molecular weight excluding hydrogens is 1790 g/mol. The summed E-state index contributed by atoms with van der Waals surface area (Å²) in [6, 6.07) is 15.5. The minimum Gasteiger partial charge on any atom is -0.396 e. The second kappa shape index (κ2) is 46.6. The maximum Gasteiger partial charge on any atom is 0.283 e.